The van der Waals surface area contributed by atoms with Gasteiger partial charge in [-0.05, 0) is 19.3 Å². The van der Waals surface area contributed by atoms with E-state index < -0.39 is 11.6 Å². The molecule has 1 atom stereocenters. The van der Waals surface area contributed by atoms with Crippen LogP contribution in [0.3, 0.4) is 0 Å². The first kappa shape index (κ1) is 11.6. The minimum atomic E-state index is -0.866. The zero-order valence-electron chi connectivity index (χ0n) is 9.88. The summed E-state index contributed by atoms with van der Waals surface area (Å²) in [5.74, 6) is -0.997. The van der Waals surface area contributed by atoms with E-state index in [9.17, 15) is 8.78 Å². The topological polar surface area (TPSA) is 37.9 Å². The standard InChI is InChI=1S/C13H14F2N2O/c14-9-6-11-12(7-10(9)15)17-13(16-11)5-8-3-1-2-4-18-8/h6-8H,1-5H2,(H,16,17). The minimum absolute atomic E-state index is 0.161. The highest BCUT2D eigenvalue weighted by molar-refractivity contribution is 5.75. The Kier molecular flexibility index (Phi) is 2.99. The number of aromatic nitrogens is 2. The third-order valence-corrected chi connectivity index (χ3v) is 3.27. The molecule has 0 aliphatic carbocycles. The van der Waals surface area contributed by atoms with Crippen LogP contribution in [0.4, 0.5) is 8.78 Å². The molecule has 1 fully saturated rings. The van der Waals surface area contributed by atoms with Crippen molar-refractivity contribution in [2.45, 2.75) is 31.8 Å². The largest absolute Gasteiger partial charge is 0.378 e. The number of imidazole rings is 1. The van der Waals surface area contributed by atoms with Crippen molar-refractivity contribution in [2.24, 2.45) is 0 Å². The Hall–Kier alpha value is -1.49. The molecule has 2 heterocycles. The number of fused-ring (bicyclic) bond motifs is 1. The van der Waals surface area contributed by atoms with Crippen LogP contribution < -0.4 is 0 Å². The predicted molar refractivity (Wildman–Crippen MR) is 63.3 cm³/mol. The van der Waals surface area contributed by atoms with Crippen LogP contribution in [-0.4, -0.2) is 22.7 Å². The predicted octanol–water partition coefficient (Wildman–Crippen LogP) is 2.95. The number of nitrogens with one attached hydrogen (secondary N) is 1. The lowest BCUT2D eigenvalue weighted by Gasteiger charge is -2.21. The summed E-state index contributed by atoms with van der Waals surface area (Å²) < 4.78 is 31.7. The van der Waals surface area contributed by atoms with Gasteiger partial charge in [-0.1, -0.05) is 0 Å². The van der Waals surface area contributed by atoms with Gasteiger partial charge in [-0.2, -0.15) is 0 Å². The summed E-state index contributed by atoms with van der Waals surface area (Å²) in [5.41, 5.74) is 0.986. The van der Waals surface area contributed by atoms with Crippen molar-refractivity contribution in [3.63, 3.8) is 0 Å². The average molecular weight is 252 g/mol. The molecule has 18 heavy (non-hydrogen) atoms. The monoisotopic (exact) mass is 252 g/mol. The number of ether oxygens (including phenoxy) is 1. The van der Waals surface area contributed by atoms with Gasteiger partial charge >= 0.3 is 0 Å². The summed E-state index contributed by atoms with van der Waals surface area (Å²) >= 11 is 0. The molecule has 1 N–H and O–H groups in total. The van der Waals surface area contributed by atoms with E-state index in [-0.39, 0.29) is 6.10 Å². The Bertz CT molecular complexity index is 522. The van der Waals surface area contributed by atoms with Gasteiger partial charge in [-0.3, -0.25) is 0 Å². The zero-order chi connectivity index (χ0) is 12.5. The van der Waals surface area contributed by atoms with Crippen LogP contribution in [-0.2, 0) is 11.2 Å². The van der Waals surface area contributed by atoms with Crippen LogP contribution in [0.1, 0.15) is 25.1 Å². The molecular formula is C13H14F2N2O. The molecule has 5 heteroatoms. The minimum Gasteiger partial charge on any atom is -0.378 e. The highest BCUT2D eigenvalue weighted by atomic mass is 19.2. The molecule has 1 aliphatic heterocycles. The molecule has 1 saturated heterocycles. The van der Waals surface area contributed by atoms with Gasteiger partial charge in [0.05, 0.1) is 17.1 Å². The molecule has 3 rings (SSSR count). The van der Waals surface area contributed by atoms with E-state index in [4.69, 9.17) is 4.74 Å². The Morgan fingerprint density at radius 1 is 1.28 bits per heavy atom. The number of nitrogens with zero attached hydrogens (tertiary/aromatic N) is 1. The van der Waals surface area contributed by atoms with Crippen molar-refractivity contribution in [3.05, 3.63) is 29.6 Å². The summed E-state index contributed by atoms with van der Waals surface area (Å²) in [5, 5.41) is 0. The van der Waals surface area contributed by atoms with Gasteiger partial charge < -0.3 is 9.72 Å². The Labute approximate surface area is 103 Å². The van der Waals surface area contributed by atoms with Crippen molar-refractivity contribution in [1.82, 2.24) is 9.97 Å². The lowest BCUT2D eigenvalue weighted by Crippen LogP contribution is -2.21. The molecule has 0 bridgehead atoms. The molecule has 2 aromatic rings. The number of hydrogen-bond acceptors (Lipinski definition) is 2. The van der Waals surface area contributed by atoms with Gasteiger partial charge in [0.25, 0.3) is 0 Å². The van der Waals surface area contributed by atoms with Gasteiger partial charge in [-0.15, -0.1) is 0 Å². The lowest BCUT2D eigenvalue weighted by atomic mass is 10.1. The molecular weight excluding hydrogens is 238 g/mol. The first-order valence-corrected chi connectivity index (χ1v) is 6.17. The Morgan fingerprint density at radius 2 is 2.11 bits per heavy atom. The molecule has 96 valence electrons. The second kappa shape index (κ2) is 4.65. The number of H-pyrrole nitrogens is 1. The summed E-state index contributed by atoms with van der Waals surface area (Å²) in [6, 6.07) is 2.26. The summed E-state index contributed by atoms with van der Waals surface area (Å²) in [6.45, 7) is 0.786. The summed E-state index contributed by atoms with van der Waals surface area (Å²) in [4.78, 5) is 7.28. The van der Waals surface area contributed by atoms with Gasteiger partial charge in [0.15, 0.2) is 11.6 Å². The quantitative estimate of drug-likeness (QED) is 0.892. The third-order valence-electron chi connectivity index (χ3n) is 3.27. The molecule has 1 aliphatic rings. The lowest BCUT2D eigenvalue weighted by molar-refractivity contribution is 0.0158. The van der Waals surface area contributed by atoms with Crippen LogP contribution in [0.5, 0.6) is 0 Å². The van der Waals surface area contributed by atoms with E-state index in [1.54, 1.807) is 0 Å². The SMILES string of the molecule is Fc1cc2nc(CC3CCCCO3)[nH]c2cc1F. The Morgan fingerprint density at radius 3 is 2.89 bits per heavy atom. The maximum absolute atomic E-state index is 13.1. The number of halogens is 2. The van der Waals surface area contributed by atoms with Crippen molar-refractivity contribution < 1.29 is 13.5 Å². The normalized spacial score (nSPS) is 20.4. The van der Waals surface area contributed by atoms with E-state index in [0.717, 1.165) is 43.8 Å². The fourth-order valence-electron chi connectivity index (χ4n) is 2.34. The van der Waals surface area contributed by atoms with Crippen LogP contribution >= 0.6 is 0 Å². The Balaban J connectivity index is 1.84. The number of rotatable bonds is 2. The molecule has 0 radical (unpaired) electrons. The van der Waals surface area contributed by atoms with Crippen LogP contribution in [0.15, 0.2) is 12.1 Å². The number of aromatic amines is 1. The fourth-order valence-corrected chi connectivity index (χ4v) is 2.34. The highest BCUT2D eigenvalue weighted by Crippen LogP contribution is 2.20. The first-order chi connectivity index (χ1) is 8.72. The van der Waals surface area contributed by atoms with E-state index in [1.165, 1.54) is 0 Å². The third kappa shape index (κ3) is 2.22. The van der Waals surface area contributed by atoms with Gasteiger partial charge in [0.1, 0.15) is 5.82 Å². The van der Waals surface area contributed by atoms with E-state index in [0.29, 0.717) is 17.5 Å². The molecule has 1 aromatic carbocycles. The molecule has 0 saturated carbocycles. The van der Waals surface area contributed by atoms with Crippen LogP contribution in [0.2, 0.25) is 0 Å². The second-order valence-electron chi connectivity index (χ2n) is 4.66. The van der Waals surface area contributed by atoms with Gasteiger partial charge in [0, 0.05) is 25.2 Å². The molecule has 1 unspecified atom stereocenters. The van der Waals surface area contributed by atoms with Crippen molar-refractivity contribution >= 4 is 11.0 Å². The average Bonchev–Trinajstić information content (AvgIpc) is 2.72. The summed E-state index contributed by atoms with van der Waals surface area (Å²) in [6.07, 6.45) is 4.10. The molecule has 1 aromatic heterocycles. The highest BCUT2D eigenvalue weighted by Gasteiger charge is 2.17. The molecule has 0 amide bonds. The van der Waals surface area contributed by atoms with Crippen molar-refractivity contribution in [2.75, 3.05) is 6.61 Å². The van der Waals surface area contributed by atoms with E-state index in [1.807, 2.05) is 0 Å². The zero-order valence-corrected chi connectivity index (χ0v) is 9.88. The number of hydrogen-bond donors (Lipinski definition) is 1. The number of benzene rings is 1. The maximum Gasteiger partial charge on any atom is 0.161 e. The van der Waals surface area contributed by atoms with E-state index >= 15 is 0 Å². The van der Waals surface area contributed by atoms with Crippen molar-refractivity contribution in [1.29, 1.82) is 0 Å². The summed E-state index contributed by atoms with van der Waals surface area (Å²) in [7, 11) is 0. The van der Waals surface area contributed by atoms with Gasteiger partial charge in [-0.25, -0.2) is 13.8 Å². The first-order valence-electron chi connectivity index (χ1n) is 6.17. The fraction of sp³-hybridized carbons (Fsp3) is 0.462. The second-order valence-corrected chi connectivity index (χ2v) is 4.66. The van der Waals surface area contributed by atoms with Crippen molar-refractivity contribution in [3.8, 4) is 0 Å². The smallest absolute Gasteiger partial charge is 0.161 e. The van der Waals surface area contributed by atoms with Gasteiger partial charge in [0.2, 0.25) is 0 Å². The van der Waals surface area contributed by atoms with Crippen LogP contribution in [0.25, 0.3) is 11.0 Å². The molecule has 3 nitrogen and oxygen atoms in total. The van der Waals surface area contributed by atoms with E-state index in [2.05, 4.69) is 9.97 Å². The maximum atomic E-state index is 13.1. The van der Waals surface area contributed by atoms with Crippen LogP contribution in [0, 0.1) is 11.6 Å². The molecule has 0 spiro atoms.